The second-order valence-corrected chi connectivity index (χ2v) is 3.13. The van der Waals surface area contributed by atoms with Crippen molar-refractivity contribution in [3.05, 3.63) is 23.3 Å². The Kier molecular flexibility index (Phi) is 2.13. The molecule has 0 saturated heterocycles. The summed E-state index contributed by atoms with van der Waals surface area (Å²) in [4.78, 5) is 11.5. The number of hydrogen-bond acceptors (Lipinski definition) is 4. The van der Waals surface area contributed by atoms with E-state index in [0.717, 1.165) is 0 Å². The van der Waals surface area contributed by atoms with Crippen LogP contribution in [-0.2, 0) is 6.61 Å². The summed E-state index contributed by atoms with van der Waals surface area (Å²) in [5, 5.41) is 18.5. The van der Waals surface area contributed by atoms with Gasteiger partial charge in [-0.05, 0) is 12.1 Å². The van der Waals surface area contributed by atoms with Crippen LogP contribution >= 0.6 is 0 Å². The fourth-order valence-electron chi connectivity index (χ4n) is 1.51. The predicted octanol–water partition coefficient (Wildman–Crippen LogP) is 0.850. The highest BCUT2D eigenvalue weighted by molar-refractivity contribution is 6.02. The number of carbonyl (C=O) groups excluding carboxylic acids is 1. The topological polar surface area (TPSA) is 66.8 Å². The van der Waals surface area contributed by atoms with Crippen molar-refractivity contribution in [2.45, 2.75) is 13.0 Å². The molecule has 74 valence electrons. The number of aliphatic hydroxyl groups is 1. The van der Waals surface area contributed by atoms with Crippen LogP contribution in [0.15, 0.2) is 12.1 Å². The third kappa shape index (κ3) is 1.24. The normalized spacial score (nSPS) is 14.8. The first-order valence-electron chi connectivity index (χ1n) is 4.35. The maximum absolute atomic E-state index is 11.5. The fourth-order valence-corrected chi connectivity index (χ4v) is 1.51. The van der Waals surface area contributed by atoms with Gasteiger partial charge in [-0.3, -0.25) is 4.79 Å². The van der Waals surface area contributed by atoms with E-state index >= 15 is 0 Å². The Hall–Kier alpha value is -1.55. The predicted molar refractivity (Wildman–Crippen MR) is 48.5 cm³/mol. The van der Waals surface area contributed by atoms with E-state index < -0.39 is 0 Å². The Bertz CT molecular complexity index is 384. The van der Waals surface area contributed by atoms with Crippen molar-refractivity contribution in [3.8, 4) is 11.5 Å². The zero-order valence-electron chi connectivity index (χ0n) is 7.49. The van der Waals surface area contributed by atoms with Gasteiger partial charge in [-0.15, -0.1) is 0 Å². The molecule has 4 nitrogen and oxygen atoms in total. The van der Waals surface area contributed by atoms with Crippen LogP contribution in [0.2, 0.25) is 0 Å². The van der Waals surface area contributed by atoms with Crippen LogP contribution in [0.5, 0.6) is 11.5 Å². The maximum atomic E-state index is 11.5. The minimum absolute atomic E-state index is 0.140. The van der Waals surface area contributed by atoms with Crippen LogP contribution in [-0.4, -0.2) is 22.6 Å². The number of fused-ring (bicyclic) bond motifs is 1. The number of hydrogen-bond donors (Lipinski definition) is 2. The van der Waals surface area contributed by atoms with Gasteiger partial charge in [-0.2, -0.15) is 0 Å². The van der Waals surface area contributed by atoms with Crippen LogP contribution < -0.4 is 4.74 Å². The third-order valence-corrected chi connectivity index (χ3v) is 2.26. The number of aromatic hydroxyl groups is 1. The molecule has 14 heavy (non-hydrogen) atoms. The molecule has 0 fully saturated rings. The smallest absolute Gasteiger partial charge is 0.173 e. The molecule has 1 aromatic rings. The van der Waals surface area contributed by atoms with Crippen molar-refractivity contribution in [2.24, 2.45) is 0 Å². The molecule has 1 aliphatic heterocycles. The van der Waals surface area contributed by atoms with Gasteiger partial charge in [0.15, 0.2) is 5.78 Å². The van der Waals surface area contributed by atoms with Gasteiger partial charge in [0.25, 0.3) is 0 Å². The number of benzene rings is 1. The number of carbonyl (C=O) groups is 1. The lowest BCUT2D eigenvalue weighted by molar-refractivity contribution is 0.0929. The standard InChI is InChI=1S/C10H10O4/c11-5-6-1-2-8-9(10(6)13)7(12)3-4-14-8/h1-2,11,13H,3-5H2. The number of Topliss-reactive ketones (excluding diaryl/α,β-unsaturated/α-hetero) is 1. The highest BCUT2D eigenvalue weighted by Gasteiger charge is 2.23. The number of rotatable bonds is 1. The summed E-state index contributed by atoms with van der Waals surface area (Å²) in [7, 11) is 0. The Morgan fingerprint density at radius 1 is 1.43 bits per heavy atom. The van der Waals surface area contributed by atoms with E-state index in [1.54, 1.807) is 12.1 Å². The zero-order valence-corrected chi connectivity index (χ0v) is 7.49. The SMILES string of the molecule is O=C1CCOc2ccc(CO)c(O)c21. The van der Waals surface area contributed by atoms with E-state index in [-0.39, 0.29) is 30.1 Å². The number of aliphatic hydroxyl groups excluding tert-OH is 1. The van der Waals surface area contributed by atoms with Crippen LogP contribution in [0, 0.1) is 0 Å². The molecule has 1 heterocycles. The summed E-state index contributed by atoms with van der Waals surface area (Å²) >= 11 is 0. The first kappa shape index (κ1) is 9.02. The van der Waals surface area contributed by atoms with Crippen LogP contribution in [0.3, 0.4) is 0 Å². The van der Waals surface area contributed by atoms with Crippen molar-refractivity contribution in [1.29, 1.82) is 0 Å². The molecule has 4 heteroatoms. The van der Waals surface area contributed by atoms with Crippen molar-refractivity contribution in [1.82, 2.24) is 0 Å². The Morgan fingerprint density at radius 3 is 2.93 bits per heavy atom. The molecule has 0 aliphatic carbocycles. The average molecular weight is 194 g/mol. The summed E-state index contributed by atoms with van der Waals surface area (Å²) < 4.78 is 5.21. The molecule has 0 radical (unpaired) electrons. The summed E-state index contributed by atoms with van der Waals surface area (Å²) in [6.45, 7) is 0.0656. The van der Waals surface area contributed by atoms with E-state index in [4.69, 9.17) is 9.84 Å². The molecule has 2 rings (SSSR count). The van der Waals surface area contributed by atoms with Gasteiger partial charge in [-0.1, -0.05) is 0 Å². The van der Waals surface area contributed by atoms with E-state index in [2.05, 4.69) is 0 Å². The lowest BCUT2D eigenvalue weighted by Crippen LogP contribution is -2.15. The molecule has 2 N–H and O–H groups in total. The average Bonchev–Trinajstić information content (AvgIpc) is 2.18. The second kappa shape index (κ2) is 3.31. The van der Waals surface area contributed by atoms with Gasteiger partial charge >= 0.3 is 0 Å². The lowest BCUT2D eigenvalue weighted by atomic mass is 10.0. The maximum Gasteiger partial charge on any atom is 0.173 e. The largest absolute Gasteiger partial charge is 0.507 e. The molecule has 0 spiro atoms. The quantitative estimate of drug-likeness (QED) is 0.695. The van der Waals surface area contributed by atoms with Crippen molar-refractivity contribution >= 4 is 5.78 Å². The van der Waals surface area contributed by atoms with Gasteiger partial charge in [0, 0.05) is 12.0 Å². The van der Waals surface area contributed by atoms with Crippen LogP contribution in [0.25, 0.3) is 0 Å². The lowest BCUT2D eigenvalue weighted by Gasteiger charge is -2.18. The fraction of sp³-hybridized carbons (Fsp3) is 0.300. The van der Waals surface area contributed by atoms with E-state index in [0.29, 0.717) is 17.9 Å². The summed E-state index contributed by atoms with van der Waals surface area (Å²) in [5.41, 5.74) is 0.547. The molecule has 0 unspecified atom stereocenters. The highest BCUT2D eigenvalue weighted by atomic mass is 16.5. The Labute approximate surface area is 80.7 Å². The van der Waals surface area contributed by atoms with Gasteiger partial charge in [0.1, 0.15) is 17.1 Å². The monoisotopic (exact) mass is 194 g/mol. The van der Waals surface area contributed by atoms with Crippen molar-refractivity contribution < 1.29 is 19.7 Å². The molecule has 0 amide bonds. The molecule has 0 saturated carbocycles. The third-order valence-electron chi connectivity index (χ3n) is 2.26. The second-order valence-electron chi connectivity index (χ2n) is 3.13. The van der Waals surface area contributed by atoms with E-state index in [1.165, 1.54) is 0 Å². The molecule has 0 atom stereocenters. The number of ether oxygens (including phenoxy) is 1. The molecule has 0 aromatic heterocycles. The van der Waals surface area contributed by atoms with Crippen LogP contribution in [0.1, 0.15) is 22.3 Å². The van der Waals surface area contributed by atoms with Gasteiger partial charge < -0.3 is 14.9 Å². The van der Waals surface area contributed by atoms with Crippen LogP contribution in [0.4, 0.5) is 0 Å². The van der Waals surface area contributed by atoms with Gasteiger partial charge in [0.05, 0.1) is 13.2 Å². The number of ketones is 1. The first-order valence-corrected chi connectivity index (χ1v) is 4.35. The molecule has 1 aliphatic rings. The molecular weight excluding hydrogens is 184 g/mol. The minimum atomic E-state index is -0.285. The molecule has 0 bridgehead atoms. The summed E-state index contributed by atoms with van der Waals surface area (Å²) in [5.74, 6) is 0.102. The number of phenols is 1. The van der Waals surface area contributed by atoms with Gasteiger partial charge in [0.2, 0.25) is 0 Å². The zero-order chi connectivity index (χ0) is 10.1. The molecule has 1 aromatic carbocycles. The van der Waals surface area contributed by atoms with E-state index in [1.807, 2.05) is 0 Å². The highest BCUT2D eigenvalue weighted by Crippen LogP contribution is 2.34. The van der Waals surface area contributed by atoms with Crippen molar-refractivity contribution in [3.63, 3.8) is 0 Å². The summed E-state index contributed by atoms with van der Waals surface area (Å²) in [6, 6.07) is 3.14. The minimum Gasteiger partial charge on any atom is -0.507 e. The van der Waals surface area contributed by atoms with E-state index in [9.17, 15) is 9.90 Å². The molecular formula is C10H10O4. The van der Waals surface area contributed by atoms with Gasteiger partial charge in [-0.25, -0.2) is 0 Å². The first-order chi connectivity index (χ1) is 6.74. The Balaban J connectivity index is 2.60. The Morgan fingerprint density at radius 2 is 2.21 bits per heavy atom. The summed E-state index contributed by atoms with van der Waals surface area (Å²) in [6.07, 6.45) is 0.273. The van der Waals surface area contributed by atoms with Crippen molar-refractivity contribution in [2.75, 3.05) is 6.61 Å².